The second-order valence-corrected chi connectivity index (χ2v) is 21.2. The molecule has 1 saturated carbocycles. The van der Waals surface area contributed by atoms with Crippen LogP contribution in [0.2, 0.25) is 11.1 Å². The van der Waals surface area contributed by atoms with Crippen LogP contribution in [0.4, 0.5) is 0 Å². The molecule has 0 aromatic heterocycles. The van der Waals surface area contributed by atoms with E-state index >= 15 is 0 Å². The Labute approximate surface area is 311 Å². The molecule has 51 heavy (non-hydrogen) atoms. The van der Waals surface area contributed by atoms with Gasteiger partial charge < -0.3 is 0 Å². The lowest BCUT2D eigenvalue weighted by Crippen LogP contribution is -2.71. The third-order valence-electron chi connectivity index (χ3n) is 16.1. The topological polar surface area (TPSA) is 36.1 Å². The average molecular weight is 700 g/mol. The Morgan fingerprint density at radius 1 is 0.647 bits per heavy atom. The average Bonchev–Trinajstić information content (AvgIpc) is 3.56. The van der Waals surface area contributed by atoms with Crippen LogP contribution in [0.15, 0.2) is 94.7 Å². The highest BCUT2D eigenvalue weighted by atomic mass is 28.2. The zero-order valence-electron chi connectivity index (χ0n) is 31.3. The van der Waals surface area contributed by atoms with Crippen molar-refractivity contribution in [2.24, 2.45) is 47.3 Å². The molecule has 11 unspecified atom stereocenters. The van der Waals surface area contributed by atoms with E-state index in [1.165, 1.54) is 116 Å². The van der Waals surface area contributed by atoms with Crippen molar-refractivity contribution < 1.29 is 0 Å². The quantitative estimate of drug-likeness (QED) is 0.198. The number of hydrogen-bond donors (Lipinski definition) is 3. The van der Waals surface area contributed by atoms with Crippen LogP contribution >= 0.6 is 0 Å². The lowest BCUT2D eigenvalue weighted by molar-refractivity contribution is 0.0945. The molecule has 10 rings (SSSR count). The molecule has 0 spiro atoms. The van der Waals surface area contributed by atoms with E-state index in [4.69, 9.17) is 0 Å². The number of hydrogen-bond acceptors (Lipinski definition) is 3. The molecule has 3 nitrogen and oxygen atoms in total. The number of rotatable bonds is 5. The summed E-state index contributed by atoms with van der Waals surface area (Å²) < 4.78 is 0. The van der Waals surface area contributed by atoms with Gasteiger partial charge in [0.25, 0.3) is 0 Å². The van der Waals surface area contributed by atoms with E-state index in [-0.39, 0.29) is 9.52 Å². The third-order valence-corrected chi connectivity index (χ3v) is 19.0. The van der Waals surface area contributed by atoms with Crippen LogP contribution in [0.25, 0.3) is 0 Å². The lowest BCUT2D eigenvalue weighted by Gasteiger charge is -2.48. The maximum absolute atomic E-state index is 4.28. The molecule has 3 N–H and O–H groups in total. The summed E-state index contributed by atoms with van der Waals surface area (Å²) in [4.78, 5) is 0. The molecular formula is C47H65N3Si. The normalized spacial score (nSPS) is 45.3. The fraction of sp³-hybridized carbons (Fsp3) is 0.660. The monoisotopic (exact) mass is 699 g/mol. The molecule has 2 aliphatic heterocycles. The van der Waals surface area contributed by atoms with Gasteiger partial charge in [-0.25, -0.2) is 0 Å². The van der Waals surface area contributed by atoms with Gasteiger partial charge in [-0.3, -0.25) is 16.0 Å². The van der Waals surface area contributed by atoms with Gasteiger partial charge in [0.15, 0.2) is 0 Å². The van der Waals surface area contributed by atoms with E-state index in [1.54, 1.807) is 22.3 Å². The first-order valence-electron chi connectivity index (χ1n) is 22.0. The molecule has 0 radical (unpaired) electrons. The molecule has 8 aliphatic carbocycles. The van der Waals surface area contributed by atoms with Crippen molar-refractivity contribution in [1.82, 2.24) is 16.0 Å². The fourth-order valence-electron chi connectivity index (χ4n) is 13.4. The highest BCUT2D eigenvalue weighted by Gasteiger charge is 2.46. The fourth-order valence-corrected chi connectivity index (χ4v) is 16.6. The van der Waals surface area contributed by atoms with Crippen molar-refractivity contribution in [3.63, 3.8) is 0 Å². The SMILES string of the molecule is C1=CC2=CC3[SiH2]C4CC(C5NC(C6C=CC(C7CCCC8=C7CCC=C8)CC6)NC(C6CCC(C7CC=CCC7)CC6)N5)=CCC4C3C=C2CC1. The van der Waals surface area contributed by atoms with Crippen LogP contribution in [0.3, 0.4) is 0 Å². The number of nitrogens with one attached hydrogen (secondary N) is 3. The van der Waals surface area contributed by atoms with Crippen molar-refractivity contribution in [2.75, 3.05) is 0 Å². The van der Waals surface area contributed by atoms with Crippen LogP contribution in [0.1, 0.15) is 116 Å². The highest BCUT2D eigenvalue weighted by molar-refractivity contribution is 6.42. The Bertz CT molecular complexity index is 1560. The second-order valence-electron chi connectivity index (χ2n) is 18.8. The summed E-state index contributed by atoms with van der Waals surface area (Å²) in [5.74, 6) is 6.49. The number of allylic oxidation sites excluding steroid dienone is 14. The molecule has 272 valence electrons. The van der Waals surface area contributed by atoms with Gasteiger partial charge in [-0.2, -0.15) is 0 Å². The van der Waals surface area contributed by atoms with Crippen molar-refractivity contribution >= 4 is 9.52 Å². The van der Waals surface area contributed by atoms with Crippen molar-refractivity contribution in [2.45, 2.75) is 145 Å². The smallest absolute Gasteiger partial charge is 0.0818 e. The van der Waals surface area contributed by atoms with Gasteiger partial charge in [-0.15, -0.1) is 0 Å². The van der Waals surface area contributed by atoms with Gasteiger partial charge in [0.05, 0.1) is 18.5 Å². The van der Waals surface area contributed by atoms with E-state index in [0.29, 0.717) is 24.4 Å². The molecular weight excluding hydrogens is 635 g/mol. The summed E-state index contributed by atoms with van der Waals surface area (Å²) >= 11 is 0. The maximum Gasteiger partial charge on any atom is 0.0818 e. The van der Waals surface area contributed by atoms with Crippen molar-refractivity contribution in [3.8, 4) is 0 Å². The van der Waals surface area contributed by atoms with Gasteiger partial charge in [-0.1, -0.05) is 72.4 Å². The molecule has 2 heterocycles. The molecule has 0 aromatic carbocycles. The van der Waals surface area contributed by atoms with Gasteiger partial charge in [-0.05, 0) is 190 Å². The molecule has 3 fully saturated rings. The van der Waals surface area contributed by atoms with Crippen LogP contribution < -0.4 is 16.0 Å². The molecule has 11 atom stereocenters. The Hall–Kier alpha value is -1.98. The molecule has 2 saturated heterocycles. The summed E-state index contributed by atoms with van der Waals surface area (Å²) in [6.45, 7) is 0. The molecule has 4 heteroatoms. The van der Waals surface area contributed by atoms with Crippen molar-refractivity contribution in [1.29, 1.82) is 0 Å². The molecule has 0 aromatic rings. The van der Waals surface area contributed by atoms with Crippen LogP contribution in [0, 0.1) is 47.3 Å². The van der Waals surface area contributed by atoms with Crippen LogP contribution in [-0.4, -0.2) is 28.0 Å². The first-order valence-corrected chi connectivity index (χ1v) is 23.6. The van der Waals surface area contributed by atoms with Crippen molar-refractivity contribution in [3.05, 3.63) is 94.7 Å². The lowest BCUT2D eigenvalue weighted by atomic mass is 9.69. The van der Waals surface area contributed by atoms with E-state index in [0.717, 1.165) is 52.5 Å². The van der Waals surface area contributed by atoms with E-state index in [1.807, 2.05) is 5.57 Å². The van der Waals surface area contributed by atoms with Gasteiger partial charge in [0.2, 0.25) is 0 Å². The summed E-state index contributed by atoms with van der Waals surface area (Å²) in [5.41, 5.74) is 10.4. The Balaban J connectivity index is 0.855. The summed E-state index contributed by atoms with van der Waals surface area (Å²) in [5, 5.41) is 12.8. The molecule has 0 bridgehead atoms. The van der Waals surface area contributed by atoms with E-state index < -0.39 is 0 Å². The third kappa shape index (κ3) is 6.72. The van der Waals surface area contributed by atoms with Gasteiger partial charge >= 0.3 is 0 Å². The molecule has 10 aliphatic rings. The standard InChI is InChI=1S/C47H65N3Si/c1-2-9-30(10-3-1)31-17-21-34(22-18-31)45-48-46(35-23-19-33(20-24-35)40-16-8-14-32-11-6-7-15-39(32)40)50-47(49-45)38-25-26-41-42-27-36-12-4-5-13-37(36)28-44(42)51-43(41)29-38/h1-2,5-6,11,13,19,23,25,27-28,30-31,33-35,40-50H,3-4,7-10,12,14-18,20-22,24,26,29,51H2. The first-order chi connectivity index (χ1) is 25.2. The highest BCUT2D eigenvalue weighted by Crippen LogP contribution is 2.55. The van der Waals surface area contributed by atoms with Crippen LogP contribution in [0.5, 0.6) is 0 Å². The van der Waals surface area contributed by atoms with Gasteiger partial charge in [0, 0.05) is 15.4 Å². The molecule has 0 amide bonds. The Morgan fingerprint density at radius 2 is 1.49 bits per heavy atom. The minimum absolute atomic E-state index is 0.153. The zero-order chi connectivity index (χ0) is 33.7. The minimum Gasteiger partial charge on any atom is -0.286 e. The van der Waals surface area contributed by atoms with Crippen LogP contribution in [-0.2, 0) is 0 Å². The largest absolute Gasteiger partial charge is 0.286 e. The predicted octanol–water partition coefficient (Wildman–Crippen LogP) is 9.87. The predicted molar refractivity (Wildman–Crippen MR) is 216 cm³/mol. The summed E-state index contributed by atoms with van der Waals surface area (Å²) in [6.07, 6.45) is 53.6. The first kappa shape index (κ1) is 33.6. The zero-order valence-corrected chi connectivity index (χ0v) is 32.7. The number of fused-ring (bicyclic) bond motifs is 4. The summed E-state index contributed by atoms with van der Waals surface area (Å²) in [6, 6.07) is 0. The minimum atomic E-state index is -0.153. The van der Waals surface area contributed by atoms with Gasteiger partial charge in [0.1, 0.15) is 0 Å². The summed E-state index contributed by atoms with van der Waals surface area (Å²) in [7, 11) is -0.153. The van der Waals surface area contributed by atoms with E-state index in [2.05, 4.69) is 82.8 Å². The Kier molecular flexibility index (Phi) is 9.67. The Morgan fingerprint density at radius 3 is 2.37 bits per heavy atom. The van der Waals surface area contributed by atoms with E-state index in [9.17, 15) is 0 Å². The maximum atomic E-state index is 4.28. The second kappa shape index (κ2) is 14.7.